The Bertz CT molecular complexity index is 1000. The van der Waals surface area contributed by atoms with Crippen LogP contribution in [0.1, 0.15) is 44.7 Å². The largest absolute Gasteiger partial charge is 0.494 e. The predicted octanol–water partition coefficient (Wildman–Crippen LogP) is 4.19. The van der Waals surface area contributed by atoms with Gasteiger partial charge in [-0.3, -0.25) is 0 Å². The molecule has 8 nitrogen and oxygen atoms in total. The molecule has 4 N–H and O–H groups in total. The number of hydrogen-bond acceptors (Lipinski definition) is 6. The summed E-state index contributed by atoms with van der Waals surface area (Å²) in [6.45, 7) is 5.71. The van der Waals surface area contributed by atoms with E-state index in [1.807, 2.05) is 31.2 Å². The van der Waals surface area contributed by atoms with Gasteiger partial charge in [0.15, 0.2) is 0 Å². The first-order valence-electron chi connectivity index (χ1n) is 12.1. The van der Waals surface area contributed by atoms with E-state index >= 15 is 0 Å². The first-order chi connectivity index (χ1) is 17.6. The van der Waals surface area contributed by atoms with E-state index in [9.17, 15) is 19.8 Å². The zero-order valence-corrected chi connectivity index (χ0v) is 21.5. The molecule has 0 aliphatic heterocycles. The highest BCUT2D eigenvalue weighted by atomic mass is 16.5. The molecule has 0 fully saturated rings. The van der Waals surface area contributed by atoms with Gasteiger partial charge >= 0.3 is 11.9 Å². The molecule has 0 aromatic heterocycles. The molecule has 0 spiro atoms. The zero-order valence-electron chi connectivity index (χ0n) is 21.5. The van der Waals surface area contributed by atoms with Gasteiger partial charge in [-0.15, -0.1) is 0 Å². The highest BCUT2D eigenvalue weighted by Gasteiger charge is 2.36. The number of carboxylic acid groups (broad SMARTS) is 2. The molecule has 2 rings (SSSR count). The Morgan fingerprint density at radius 1 is 0.757 bits per heavy atom. The van der Waals surface area contributed by atoms with Gasteiger partial charge in [0, 0.05) is 48.5 Å². The van der Waals surface area contributed by atoms with Crippen molar-refractivity contribution in [2.75, 3.05) is 26.4 Å². The van der Waals surface area contributed by atoms with Crippen LogP contribution in [0.2, 0.25) is 0 Å². The molecule has 0 atom stereocenters. The van der Waals surface area contributed by atoms with Gasteiger partial charge in [-0.2, -0.15) is 0 Å². The van der Waals surface area contributed by atoms with Gasteiger partial charge < -0.3 is 29.9 Å². The third-order valence-electron chi connectivity index (χ3n) is 6.25. The van der Waals surface area contributed by atoms with E-state index in [1.165, 1.54) is 13.8 Å². The van der Waals surface area contributed by atoms with Gasteiger partial charge in [0.05, 0.1) is 13.2 Å². The minimum Gasteiger partial charge on any atom is -0.494 e. The molecule has 0 aliphatic rings. The van der Waals surface area contributed by atoms with E-state index in [1.54, 1.807) is 36.4 Å². The van der Waals surface area contributed by atoms with Crippen molar-refractivity contribution in [2.45, 2.75) is 39.0 Å². The summed E-state index contributed by atoms with van der Waals surface area (Å²) in [6.07, 6.45) is 4.16. The van der Waals surface area contributed by atoms with Gasteiger partial charge in [-0.1, -0.05) is 43.3 Å². The van der Waals surface area contributed by atoms with Crippen molar-refractivity contribution >= 4 is 11.9 Å². The summed E-state index contributed by atoms with van der Waals surface area (Å²) in [6, 6.07) is 14.7. The van der Waals surface area contributed by atoms with E-state index in [0.29, 0.717) is 37.6 Å². The van der Waals surface area contributed by atoms with E-state index in [-0.39, 0.29) is 24.4 Å². The van der Waals surface area contributed by atoms with E-state index < -0.39 is 23.3 Å². The third-order valence-corrected chi connectivity index (χ3v) is 6.25. The fraction of sp³-hybridized carbons (Fsp3) is 0.379. The van der Waals surface area contributed by atoms with E-state index in [0.717, 1.165) is 11.1 Å². The second-order valence-corrected chi connectivity index (χ2v) is 8.94. The SMILES string of the molecule is CC(=CC(C=C(C)C(=O)O)C(C)(c1ccc(OCCCO)cc1)c1ccc(OCCCO)cc1)C(=O)O. The fourth-order valence-corrected chi connectivity index (χ4v) is 3.92. The Morgan fingerprint density at radius 3 is 1.41 bits per heavy atom. The lowest BCUT2D eigenvalue weighted by molar-refractivity contribution is -0.133. The van der Waals surface area contributed by atoms with Crippen LogP contribution in [0.25, 0.3) is 0 Å². The molecular weight excluding hydrogens is 476 g/mol. The fourth-order valence-electron chi connectivity index (χ4n) is 3.92. The number of ether oxygens (including phenoxy) is 2. The topological polar surface area (TPSA) is 134 Å². The molecular formula is C29H36O8. The maximum atomic E-state index is 11.7. The number of rotatable bonds is 15. The van der Waals surface area contributed by atoms with Crippen molar-refractivity contribution in [3.63, 3.8) is 0 Å². The van der Waals surface area contributed by atoms with Crippen LogP contribution in [0.4, 0.5) is 0 Å². The van der Waals surface area contributed by atoms with Crippen LogP contribution < -0.4 is 9.47 Å². The number of carboxylic acids is 2. The monoisotopic (exact) mass is 512 g/mol. The number of hydrogen-bond donors (Lipinski definition) is 4. The van der Waals surface area contributed by atoms with Crippen LogP contribution in [0.3, 0.4) is 0 Å². The molecule has 2 aromatic rings. The predicted molar refractivity (Wildman–Crippen MR) is 140 cm³/mol. The molecule has 8 heteroatoms. The summed E-state index contributed by atoms with van der Waals surface area (Å²) >= 11 is 0. The smallest absolute Gasteiger partial charge is 0.330 e. The standard InChI is InChI=1S/C29H36O8/c1-20(27(32)33)18-24(19-21(2)28(34)35)29(3,22-6-10-25(11-7-22)36-16-4-14-30)23-8-12-26(13-9-23)37-17-5-15-31/h6-13,18-19,24,30-31H,4-5,14-17H2,1-3H3,(H,32,33)(H,34,35). The summed E-state index contributed by atoms with van der Waals surface area (Å²) < 4.78 is 11.3. The van der Waals surface area contributed by atoms with Gasteiger partial charge in [-0.05, 0) is 49.2 Å². The van der Waals surface area contributed by atoms with Gasteiger partial charge in [0.25, 0.3) is 0 Å². The molecule has 0 saturated carbocycles. The van der Waals surface area contributed by atoms with Crippen molar-refractivity contribution < 1.29 is 39.5 Å². The van der Waals surface area contributed by atoms with Crippen molar-refractivity contribution in [2.24, 2.45) is 5.92 Å². The van der Waals surface area contributed by atoms with E-state index in [2.05, 4.69) is 0 Å². The Labute approximate surface area is 217 Å². The molecule has 2 aromatic carbocycles. The second-order valence-electron chi connectivity index (χ2n) is 8.94. The van der Waals surface area contributed by atoms with Crippen molar-refractivity contribution in [3.8, 4) is 11.5 Å². The molecule has 0 unspecified atom stereocenters. The summed E-state index contributed by atoms with van der Waals surface area (Å²) in [5.74, 6) is -1.55. The maximum Gasteiger partial charge on any atom is 0.330 e. The van der Waals surface area contributed by atoms with E-state index in [4.69, 9.17) is 19.7 Å². The van der Waals surface area contributed by atoms with Crippen molar-refractivity contribution in [3.05, 3.63) is 83.0 Å². The van der Waals surface area contributed by atoms with Crippen LogP contribution in [0, 0.1) is 5.92 Å². The summed E-state index contributed by atoms with van der Waals surface area (Å²) in [5.41, 5.74) is 0.979. The van der Waals surface area contributed by atoms with Crippen molar-refractivity contribution in [1.29, 1.82) is 0 Å². The lowest BCUT2D eigenvalue weighted by atomic mass is 9.66. The average Bonchev–Trinajstić information content (AvgIpc) is 2.88. The number of allylic oxidation sites excluding steroid dienone is 2. The van der Waals surface area contributed by atoms with Gasteiger partial charge in [0.1, 0.15) is 11.5 Å². The zero-order chi connectivity index (χ0) is 27.4. The van der Waals surface area contributed by atoms with Crippen LogP contribution >= 0.6 is 0 Å². The van der Waals surface area contributed by atoms with Gasteiger partial charge in [-0.25, -0.2) is 9.59 Å². The second kappa shape index (κ2) is 14.2. The number of aliphatic hydroxyl groups is 2. The van der Waals surface area contributed by atoms with Crippen molar-refractivity contribution in [1.82, 2.24) is 0 Å². The number of aliphatic hydroxyl groups excluding tert-OH is 2. The maximum absolute atomic E-state index is 11.7. The Balaban J connectivity index is 2.65. The lowest BCUT2D eigenvalue weighted by Crippen LogP contribution is -2.32. The average molecular weight is 513 g/mol. The first-order valence-corrected chi connectivity index (χ1v) is 12.1. The molecule has 0 heterocycles. The minimum absolute atomic E-state index is 0.0298. The molecule has 0 amide bonds. The van der Waals surface area contributed by atoms with Gasteiger partial charge in [0.2, 0.25) is 0 Å². The first kappa shape index (κ1) is 29.6. The van der Waals surface area contributed by atoms with Crippen LogP contribution in [0.5, 0.6) is 11.5 Å². The quantitative estimate of drug-likeness (QED) is 0.206. The van der Waals surface area contributed by atoms with Crippen LogP contribution in [-0.4, -0.2) is 58.8 Å². The third kappa shape index (κ3) is 8.20. The lowest BCUT2D eigenvalue weighted by Gasteiger charge is -2.37. The highest BCUT2D eigenvalue weighted by molar-refractivity contribution is 5.87. The molecule has 37 heavy (non-hydrogen) atoms. The highest BCUT2D eigenvalue weighted by Crippen LogP contribution is 2.42. The van der Waals surface area contributed by atoms with Crippen LogP contribution in [-0.2, 0) is 15.0 Å². The summed E-state index contributed by atoms with van der Waals surface area (Å²) in [5, 5.41) is 37.1. The molecule has 0 radical (unpaired) electrons. The Hall–Kier alpha value is -3.62. The normalized spacial score (nSPS) is 13.2. The molecule has 0 saturated heterocycles. The Morgan fingerprint density at radius 2 is 1.11 bits per heavy atom. The molecule has 0 aliphatic carbocycles. The number of aliphatic carboxylic acids is 2. The summed E-state index contributed by atoms with van der Waals surface area (Å²) in [4.78, 5) is 23.4. The summed E-state index contributed by atoms with van der Waals surface area (Å²) in [7, 11) is 0. The number of carbonyl (C=O) groups is 2. The van der Waals surface area contributed by atoms with Crippen LogP contribution in [0.15, 0.2) is 71.8 Å². The number of benzene rings is 2. The molecule has 0 bridgehead atoms. The minimum atomic E-state index is -1.09. The Kier molecular flexibility index (Phi) is 11.4. The molecule has 200 valence electrons.